The van der Waals surface area contributed by atoms with Gasteiger partial charge in [0.1, 0.15) is 11.8 Å². The van der Waals surface area contributed by atoms with Crippen LogP contribution in [-0.4, -0.2) is 6.10 Å². The van der Waals surface area contributed by atoms with Gasteiger partial charge in [-0.1, -0.05) is 28.1 Å². The summed E-state index contributed by atoms with van der Waals surface area (Å²) in [5.74, 6) is 0.735. The summed E-state index contributed by atoms with van der Waals surface area (Å²) in [7, 11) is 0. The molecule has 3 heteroatoms. The van der Waals surface area contributed by atoms with Crippen LogP contribution in [0.4, 0.5) is 0 Å². The van der Waals surface area contributed by atoms with E-state index in [0.29, 0.717) is 0 Å². The van der Waals surface area contributed by atoms with Crippen molar-refractivity contribution in [2.45, 2.75) is 18.4 Å². The summed E-state index contributed by atoms with van der Waals surface area (Å²) in [4.78, 5) is 0. The molecule has 1 aromatic rings. The Hall–Kier alpha value is -1.01. The fourth-order valence-corrected chi connectivity index (χ4v) is 1.26. The van der Waals surface area contributed by atoms with Gasteiger partial charge in [-0.15, -0.1) is 0 Å². The summed E-state index contributed by atoms with van der Waals surface area (Å²) in [6.07, 6.45) is -0.394. The highest BCUT2D eigenvalue weighted by atomic mass is 79.9. The monoisotopic (exact) mass is 239 g/mol. The Balaban J connectivity index is 2.65. The molecule has 2 nitrogen and oxygen atoms in total. The molecule has 0 aliphatic heterocycles. The SMILES string of the molecule is CC(C#N)Oc1ccc(CBr)cc1. The molecule has 0 saturated heterocycles. The zero-order valence-electron chi connectivity index (χ0n) is 7.33. The van der Waals surface area contributed by atoms with Gasteiger partial charge in [-0.05, 0) is 24.6 Å². The summed E-state index contributed by atoms with van der Waals surface area (Å²) in [6.45, 7) is 1.72. The molecule has 0 aliphatic rings. The molecule has 1 rings (SSSR count). The van der Waals surface area contributed by atoms with Crippen molar-refractivity contribution in [3.05, 3.63) is 29.8 Å². The van der Waals surface area contributed by atoms with E-state index in [0.717, 1.165) is 11.1 Å². The van der Waals surface area contributed by atoms with Crippen LogP contribution in [0.1, 0.15) is 12.5 Å². The maximum atomic E-state index is 8.51. The van der Waals surface area contributed by atoms with Crippen LogP contribution in [0.25, 0.3) is 0 Å². The Bertz CT molecular complexity index is 302. The summed E-state index contributed by atoms with van der Waals surface area (Å²) in [6, 6.07) is 9.67. The molecule has 0 fully saturated rings. The zero-order valence-corrected chi connectivity index (χ0v) is 8.91. The maximum Gasteiger partial charge on any atom is 0.181 e. The molecular weight excluding hydrogens is 230 g/mol. The van der Waals surface area contributed by atoms with Gasteiger partial charge >= 0.3 is 0 Å². The van der Waals surface area contributed by atoms with Crippen LogP contribution in [0.3, 0.4) is 0 Å². The largest absolute Gasteiger partial charge is 0.476 e. The second-order valence-corrected chi connectivity index (χ2v) is 3.23. The first-order valence-corrected chi connectivity index (χ1v) is 5.09. The van der Waals surface area contributed by atoms with Gasteiger partial charge in [-0.3, -0.25) is 0 Å². The molecule has 0 amide bonds. The molecule has 1 aromatic carbocycles. The van der Waals surface area contributed by atoms with E-state index >= 15 is 0 Å². The number of ether oxygens (including phenoxy) is 1. The molecule has 0 N–H and O–H groups in total. The van der Waals surface area contributed by atoms with E-state index < -0.39 is 6.10 Å². The number of hydrogen-bond donors (Lipinski definition) is 0. The van der Waals surface area contributed by atoms with Gasteiger partial charge in [0.2, 0.25) is 0 Å². The number of nitrogens with zero attached hydrogens (tertiary/aromatic N) is 1. The maximum absolute atomic E-state index is 8.51. The normalized spacial score (nSPS) is 11.8. The minimum absolute atomic E-state index is 0.394. The minimum Gasteiger partial charge on any atom is -0.476 e. The summed E-state index contributed by atoms with van der Waals surface area (Å²) in [5.41, 5.74) is 1.19. The van der Waals surface area contributed by atoms with Gasteiger partial charge in [0.15, 0.2) is 6.10 Å². The molecule has 0 heterocycles. The first kappa shape index (κ1) is 10.1. The highest BCUT2D eigenvalue weighted by Gasteiger charge is 2.00. The number of halogens is 1. The van der Waals surface area contributed by atoms with Gasteiger partial charge in [0, 0.05) is 5.33 Å². The lowest BCUT2D eigenvalue weighted by atomic mass is 10.2. The van der Waals surface area contributed by atoms with Crippen LogP contribution in [0, 0.1) is 11.3 Å². The number of nitriles is 1. The number of rotatable bonds is 3. The standard InChI is InChI=1S/C10H10BrNO/c1-8(7-12)13-10-4-2-9(6-11)3-5-10/h2-5,8H,6H2,1H3. The lowest BCUT2D eigenvalue weighted by molar-refractivity contribution is 0.276. The molecule has 1 atom stereocenters. The van der Waals surface area contributed by atoms with Gasteiger partial charge in [-0.25, -0.2) is 0 Å². The van der Waals surface area contributed by atoms with Crippen LogP contribution in [0.5, 0.6) is 5.75 Å². The first-order chi connectivity index (χ1) is 6.26. The van der Waals surface area contributed by atoms with E-state index in [-0.39, 0.29) is 0 Å². The van der Waals surface area contributed by atoms with Crippen molar-refractivity contribution < 1.29 is 4.74 Å². The molecule has 1 unspecified atom stereocenters. The Morgan fingerprint density at radius 3 is 2.54 bits per heavy atom. The average Bonchev–Trinajstić information content (AvgIpc) is 2.19. The van der Waals surface area contributed by atoms with Gasteiger partial charge in [0.05, 0.1) is 0 Å². The van der Waals surface area contributed by atoms with Crippen molar-refractivity contribution in [1.29, 1.82) is 5.26 Å². The molecule has 13 heavy (non-hydrogen) atoms. The summed E-state index contributed by atoms with van der Waals surface area (Å²) >= 11 is 3.35. The molecule has 0 spiro atoms. The van der Waals surface area contributed by atoms with E-state index in [4.69, 9.17) is 10.00 Å². The molecule has 0 bridgehead atoms. The summed E-state index contributed by atoms with van der Waals surface area (Å²) in [5, 5.41) is 9.35. The van der Waals surface area contributed by atoms with Crippen LogP contribution in [-0.2, 0) is 5.33 Å². The molecule has 0 aliphatic carbocycles. The third-order valence-corrected chi connectivity index (χ3v) is 2.22. The lowest BCUT2D eigenvalue weighted by Crippen LogP contribution is -2.07. The third kappa shape index (κ3) is 3.08. The lowest BCUT2D eigenvalue weighted by Gasteiger charge is -2.07. The van der Waals surface area contributed by atoms with Crippen LogP contribution in [0.15, 0.2) is 24.3 Å². The van der Waals surface area contributed by atoms with Crippen LogP contribution < -0.4 is 4.74 Å². The fraction of sp³-hybridized carbons (Fsp3) is 0.300. The molecule has 68 valence electrons. The van der Waals surface area contributed by atoms with E-state index in [2.05, 4.69) is 15.9 Å². The average molecular weight is 240 g/mol. The Kier molecular flexibility index (Phi) is 3.78. The minimum atomic E-state index is -0.394. The Morgan fingerprint density at radius 2 is 2.08 bits per heavy atom. The Labute approximate surface area is 86.3 Å². The summed E-state index contributed by atoms with van der Waals surface area (Å²) < 4.78 is 5.29. The van der Waals surface area contributed by atoms with E-state index in [9.17, 15) is 0 Å². The van der Waals surface area contributed by atoms with Gasteiger partial charge in [-0.2, -0.15) is 5.26 Å². The number of alkyl halides is 1. The fourth-order valence-electron chi connectivity index (χ4n) is 0.888. The van der Waals surface area contributed by atoms with Crippen molar-refractivity contribution in [2.24, 2.45) is 0 Å². The van der Waals surface area contributed by atoms with E-state index in [1.54, 1.807) is 6.92 Å². The Morgan fingerprint density at radius 1 is 1.46 bits per heavy atom. The molecule has 0 radical (unpaired) electrons. The molecule has 0 aromatic heterocycles. The first-order valence-electron chi connectivity index (χ1n) is 3.97. The van der Waals surface area contributed by atoms with Crippen molar-refractivity contribution in [2.75, 3.05) is 0 Å². The predicted molar refractivity (Wildman–Crippen MR) is 54.8 cm³/mol. The van der Waals surface area contributed by atoms with Crippen LogP contribution >= 0.6 is 15.9 Å². The van der Waals surface area contributed by atoms with Gasteiger partial charge < -0.3 is 4.74 Å². The third-order valence-electron chi connectivity index (χ3n) is 1.57. The van der Waals surface area contributed by atoms with Gasteiger partial charge in [0.25, 0.3) is 0 Å². The number of benzene rings is 1. The van der Waals surface area contributed by atoms with Crippen molar-refractivity contribution >= 4 is 15.9 Å². The van der Waals surface area contributed by atoms with E-state index in [1.807, 2.05) is 30.3 Å². The van der Waals surface area contributed by atoms with Crippen molar-refractivity contribution in [3.8, 4) is 11.8 Å². The smallest absolute Gasteiger partial charge is 0.181 e. The predicted octanol–water partition coefficient (Wildman–Crippen LogP) is 2.87. The zero-order chi connectivity index (χ0) is 9.68. The van der Waals surface area contributed by atoms with E-state index in [1.165, 1.54) is 5.56 Å². The highest BCUT2D eigenvalue weighted by Crippen LogP contribution is 2.15. The number of hydrogen-bond acceptors (Lipinski definition) is 2. The molecular formula is C10H10BrNO. The highest BCUT2D eigenvalue weighted by molar-refractivity contribution is 9.08. The second kappa shape index (κ2) is 4.88. The molecule has 0 saturated carbocycles. The quantitative estimate of drug-likeness (QED) is 0.761. The second-order valence-electron chi connectivity index (χ2n) is 2.67. The van der Waals surface area contributed by atoms with Crippen molar-refractivity contribution in [1.82, 2.24) is 0 Å². The van der Waals surface area contributed by atoms with Crippen LogP contribution in [0.2, 0.25) is 0 Å². The van der Waals surface area contributed by atoms with Crippen molar-refractivity contribution in [3.63, 3.8) is 0 Å². The topological polar surface area (TPSA) is 33.0 Å².